The topological polar surface area (TPSA) is 63.2 Å². The van der Waals surface area contributed by atoms with Crippen molar-refractivity contribution in [3.05, 3.63) is 35.4 Å². The molecule has 0 saturated heterocycles. The molecule has 5 heteroatoms. The molecule has 0 aliphatic heterocycles. The zero-order valence-electron chi connectivity index (χ0n) is 12.7. The maximum Gasteiger partial charge on any atom is 0.238 e. The highest BCUT2D eigenvalue weighted by Crippen LogP contribution is 2.15. The Kier molecular flexibility index (Phi) is 4.97. The molecule has 1 aromatic rings. The lowest BCUT2D eigenvalue weighted by Crippen LogP contribution is -2.47. The van der Waals surface area contributed by atoms with Gasteiger partial charge in [0.05, 0.1) is 5.75 Å². The van der Waals surface area contributed by atoms with Crippen LogP contribution in [0.1, 0.15) is 38.8 Å². The van der Waals surface area contributed by atoms with Crippen LogP contribution in [0, 0.1) is 6.92 Å². The van der Waals surface area contributed by atoms with Crippen molar-refractivity contribution in [3.8, 4) is 0 Å². The standard InChI is InChI=1S/C15H23NO3S/c1-11-8-6-7-9-13(11)10-20(18,19)12(2)14(17)16-15(3,4)5/h6-9,12H,10H2,1-5H3,(H,16,17). The molecule has 0 aliphatic rings. The number of amides is 1. The summed E-state index contributed by atoms with van der Waals surface area (Å²) in [6, 6.07) is 7.31. The quantitative estimate of drug-likeness (QED) is 0.927. The number of carbonyl (C=O) groups excluding carboxylic acids is 1. The molecule has 1 rings (SSSR count). The van der Waals surface area contributed by atoms with E-state index in [9.17, 15) is 13.2 Å². The number of nitrogens with one attached hydrogen (secondary N) is 1. The Morgan fingerprint density at radius 2 is 1.80 bits per heavy atom. The first-order valence-corrected chi connectivity index (χ1v) is 8.32. The third-order valence-corrected chi connectivity index (χ3v) is 5.03. The van der Waals surface area contributed by atoms with Crippen LogP contribution in [0.15, 0.2) is 24.3 Å². The van der Waals surface area contributed by atoms with Gasteiger partial charge in [-0.1, -0.05) is 24.3 Å². The SMILES string of the molecule is Cc1ccccc1CS(=O)(=O)C(C)C(=O)NC(C)(C)C. The fourth-order valence-corrected chi connectivity index (χ4v) is 3.14. The fraction of sp³-hybridized carbons (Fsp3) is 0.533. The van der Waals surface area contributed by atoms with Crippen LogP contribution >= 0.6 is 0 Å². The smallest absolute Gasteiger partial charge is 0.238 e. The molecule has 0 spiro atoms. The van der Waals surface area contributed by atoms with Gasteiger partial charge in [-0.3, -0.25) is 4.79 Å². The second-order valence-electron chi connectivity index (χ2n) is 6.12. The summed E-state index contributed by atoms with van der Waals surface area (Å²) in [6.45, 7) is 8.78. The highest BCUT2D eigenvalue weighted by molar-refractivity contribution is 7.92. The molecule has 0 radical (unpaired) electrons. The molecule has 0 heterocycles. The maximum absolute atomic E-state index is 12.3. The molecule has 20 heavy (non-hydrogen) atoms. The molecule has 1 unspecified atom stereocenters. The number of hydrogen-bond donors (Lipinski definition) is 1. The summed E-state index contributed by atoms with van der Waals surface area (Å²) in [7, 11) is -3.52. The van der Waals surface area contributed by atoms with Gasteiger partial charge in [-0.15, -0.1) is 0 Å². The highest BCUT2D eigenvalue weighted by atomic mass is 32.2. The summed E-state index contributed by atoms with van der Waals surface area (Å²) in [5, 5.41) is 1.65. The van der Waals surface area contributed by atoms with Crippen molar-refractivity contribution in [2.24, 2.45) is 0 Å². The van der Waals surface area contributed by atoms with Crippen LogP contribution in [0.4, 0.5) is 0 Å². The Balaban J connectivity index is 2.89. The molecule has 0 aromatic heterocycles. The zero-order chi connectivity index (χ0) is 15.6. The fourth-order valence-electron chi connectivity index (χ4n) is 1.75. The Morgan fingerprint density at radius 1 is 1.25 bits per heavy atom. The van der Waals surface area contributed by atoms with Crippen LogP contribution < -0.4 is 5.32 Å². The van der Waals surface area contributed by atoms with Gasteiger partial charge < -0.3 is 5.32 Å². The van der Waals surface area contributed by atoms with E-state index in [1.54, 1.807) is 12.1 Å². The normalized spacial score (nSPS) is 13.8. The van der Waals surface area contributed by atoms with E-state index in [2.05, 4.69) is 5.32 Å². The summed E-state index contributed by atoms with van der Waals surface area (Å²) in [6.07, 6.45) is 0. The molecule has 0 fully saturated rings. The van der Waals surface area contributed by atoms with E-state index in [4.69, 9.17) is 0 Å². The molecular weight excluding hydrogens is 274 g/mol. The van der Waals surface area contributed by atoms with Crippen molar-refractivity contribution in [1.82, 2.24) is 5.32 Å². The highest BCUT2D eigenvalue weighted by Gasteiger charge is 2.30. The minimum absolute atomic E-state index is 0.113. The second kappa shape index (κ2) is 5.95. The lowest BCUT2D eigenvalue weighted by Gasteiger charge is -2.23. The summed E-state index contributed by atoms with van der Waals surface area (Å²) >= 11 is 0. The van der Waals surface area contributed by atoms with Crippen LogP contribution in [0.2, 0.25) is 0 Å². The first kappa shape index (κ1) is 16.7. The molecule has 4 nitrogen and oxygen atoms in total. The third-order valence-electron chi connectivity index (χ3n) is 3.02. The van der Waals surface area contributed by atoms with Crippen molar-refractivity contribution < 1.29 is 13.2 Å². The molecular formula is C15H23NO3S. The van der Waals surface area contributed by atoms with Crippen molar-refractivity contribution in [1.29, 1.82) is 0 Å². The average molecular weight is 297 g/mol. The van der Waals surface area contributed by atoms with E-state index in [1.807, 2.05) is 39.8 Å². The first-order valence-electron chi connectivity index (χ1n) is 6.61. The van der Waals surface area contributed by atoms with E-state index < -0.39 is 26.5 Å². The van der Waals surface area contributed by atoms with Gasteiger partial charge in [-0.05, 0) is 45.7 Å². The number of carbonyl (C=O) groups is 1. The number of rotatable bonds is 4. The number of benzene rings is 1. The summed E-state index contributed by atoms with van der Waals surface area (Å²) < 4.78 is 24.6. The monoisotopic (exact) mass is 297 g/mol. The molecule has 0 saturated carbocycles. The third kappa shape index (κ3) is 4.63. The van der Waals surface area contributed by atoms with Gasteiger partial charge in [-0.2, -0.15) is 0 Å². The minimum atomic E-state index is -3.52. The van der Waals surface area contributed by atoms with Gasteiger partial charge in [0, 0.05) is 5.54 Å². The van der Waals surface area contributed by atoms with E-state index >= 15 is 0 Å². The van der Waals surface area contributed by atoms with E-state index in [0.717, 1.165) is 11.1 Å². The lowest BCUT2D eigenvalue weighted by atomic mass is 10.1. The van der Waals surface area contributed by atoms with Crippen molar-refractivity contribution >= 4 is 15.7 Å². The second-order valence-corrected chi connectivity index (χ2v) is 8.44. The number of sulfone groups is 1. The first-order chi connectivity index (χ1) is 9.03. The van der Waals surface area contributed by atoms with Gasteiger partial charge in [0.25, 0.3) is 0 Å². The molecule has 0 aliphatic carbocycles. The molecule has 112 valence electrons. The molecule has 1 N–H and O–H groups in total. The Morgan fingerprint density at radius 3 is 2.30 bits per heavy atom. The van der Waals surface area contributed by atoms with Gasteiger partial charge in [-0.25, -0.2) is 8.42 Å². The Hall–Kier alpha value is -1.36. The van der Waals surface area contributed by atoms with Gasteiger partial charge >= 0.3 is 0 Å². The summed E-state index contributed by atoms with van der Waals surface area (Å²) in [4.78, 5) is 12.0. The van der Waals surface area contributed by atoms with Crippen LogP contribution in [-0.4, -0.2) is 25.1 Å². The maximum atomic E-state index is 12.3. The van der Waals surface area contributed by atoms with Crippen LogP contribution in [0.5, 0.6) is 0 Å². The van der Waals surface area contributed by atoms with Crippen LogP contribution in [-0.2, 0) is 20.4 Å². The van der Waals surface area contributed by atoms with E-state index in [-0.39, 0.29) is 5.75 Å². The van der Waals surface area contributed by atoms with E-state index in [0.29, 0.717) is 0 Å². The minimum Gasteiger partial charge on any atom is -0.350 e. The number of hydrogen-bond acceptors (Lipinski definition) is 3. The van der Waals surface area contributed by atoms with Crippen molar-refractivity contribution in [2.75, 3.05) is 0 Å². The summed E-state index contributed by atoms with van der Waals surface area (Å²) in [5.74, 6) is -0.565. The zero-order valence-corrected chi connectivity index (χ0v) is 13.5. The van der Waals surface area contributed by atoms with Gasteiger partial charge in [0.2, 0.25) is 5.91 Å². The van der Waals surface area contributed by atoms with Crippen molar-refractivity contribution in [2.45, 2.75) is 51.2 Å². The molecule has 1 amide bonds. The largest absolute Gasteiger partial charge is 0.350 e. The molecule has 0 bridgehead atoms. The molecule has 1 aromatic carbocycles. The predicted octanol–water partition coefficient (Wildman–Crippen LogP) is 2.21. The molecule has 1 atom stereocenters. The van der Waals surface area contributed by atoms with Crippen LogP contribution in [0.25, 0.3) is 0 Å². The van der Waals surface area contributed by atoms with E-state index in [1.165, 1.54) is 6.92 Å². The lowest BCUT2D eigenvalue weighted by molar-refractivity contribution is -0.121. The average Bonchev–Trinajstić information content (AvgIpc) is 2.28. The van der Waals surface area contributed by atoms with Crippen molar-refractivity contribution in [3.63, 3.8) is 0 Å². The van der Waals surface area contributed by atoms with Gasteiger partial charge in [0.1, 0.15) is 5.25 Å². The summed E-state index contributed by atoms with van der Waals surface area (Å²) in [5.41, 5.74) is 1.21. The Labute approximate surface area is 121 Å². The van der Waals surface area contributed by atoms with Crippen LogP contribution in [0.3, 0.4) is 0 Å². The predicted molar refractivity (Wildman–Crippen MR) is 81.2 cm³/mol. The van der Waals surface area contributed by atoms with Gasteiger partial charge in [0.15, 0.2) is 9.84 Å². The Bertz CT molecular complexity index is 585. The number of aryl methyl sites for hydroxylation is 1.